The number of furan rings is 1. The number of aryl methyl sites for hydroxylation is 3. The number of para-hydroxylation sites is 5. The van der Waals surface area contributed by atoms with Gasteiger partial charge in [0.2, 0.25) is 6.33 Å². The van der Waals surface area contributed by atoms with Crippen LogP contribution in [0.1, 0.15) is 11.1 Å². The van der Waals surface area contributed by atoms with Crippen LogP contribution >= 0.6 is 0 Å². The van der Waals surface area contributed by atoms with Crippen LogP contribution < -0.4 is 4.57 Å². The van der Waals surface area contributed by atoms with Crippen molar-refractivity contribution in [3.05, 3.63) is 157 Å². The molecule has 0 aliphatic rings. The molecule has 6 heteroatoms. The molecule has 0 aliphatic heterocycles. The number of pyridine rings is 1. The monoisotopic (exact) mass is 835 g/mol. The van der Waals surface area contributed by atoms with Gasteiger partial charge in [-0.05, 0) is 43.3 Å². The van der Waals surface area contributed by atoms with E-state index in [9.17, 15) is 0 Å². The van der Waals surface area contributed by atoms with Gasteiger partial charge in [0.15, 0.2) is 0 Å². The Hall–Kier alpha value is -5.81. The van der Waals surface area contributed by atoms with E-state index >= 15 is 0 Å². The summed E-state index contributed by atoms with van der Waals surface area (Å²) < 4.78 is 12.9. The fourth-order valence-electron chi connectivity index (χ4n) is 7.60. The van der Waals surface area contributed by atoms with Gasteiger partial charge in [0, 0.05) is 33.1 Å². The third-order valence-electron chi connectivity index (χ3n) is 10.1. The van der Waals surface area contributed by atoms with Crippen LogP contribution in [-0.4, -0.2) is 14.0 Å². The van der Waals surface area contributed by atoms with Gasteiger partial charge >= 0.3 is 20.1 Å². The van der Waals surface area contributed by atoms with Crippen molar-refractivity contribution in [2.75, 3.05) is 0 Å². The smallest absolute Gasteiger partial charge is 0.501 e. The second-order valence-corrected chi connectivity index (χ2v) is 13.0. The van der Waals surface area contributed by atoms with Gasteiger partial charge in [0.05, 0.1) is 40.2 Å². The van der Waals surface area contributed by atoms with Crippen LogP contribution in [-0.2, 0) is 27.2 Å². The average Bonchev–Trinajstić information content (AvgIpc) is 3.90. The number of imidazole rings is 1. The Morgan fingerprint density at radius 2 is 1.45 bits per heavy atom. The fraction of sp³-hybridized carbons (Fsp3) is 0.0667. The number of nitrogens with zero attached hydrogens (tertiary/aromatic N) is 4. The molecule has 244 valence electrons. The molecule has 0 unspecified atom stereocenters. The molecule has 0 N–H and O–H groups in total. The van der Waals surface area contributed by atoms with E-state index in [-0.39, 0.29) is 20.1 Å². The van der Waals surface area contributed by atoms with Crippen LogP contribution in [0.5, 0.6) is 0 Å². The summed E-state index contributed by atoms with van der Waals surface area (Å²) >= 11 is 0. The van der Waals surface area contributed by atoms with Crippen LogP contribution in [0.25, 0.3) is 88.0 Å². The standard InChI is InChI=1S/C31H19N2O.C14H11N2.Ir/c1-17-15-24(32-16-18(17)2)21-9-6-11-23-29-27(34-31(21)23)14-13-26-28(29)22-10-5-8-20-19-7-3-4-12-25(19)33(26)30(20)22;1-15-11-16(12-7-3-2-4-8-12)14-10-6-5-9-13(14)15;/h3-8,10-16H,1-2H3;2-7,9-10H,1H3;/q2*-1;+3. The van der Waals surface area contributed by atoms with Crippen molar-refractivity contribution in [2.24, 2.45) is 7.05 Å². The molecule has 0 bridgehead atoms. The molecule has 0 spiro atoms. The van der Waals surface area contributed by atoms with Crippen LogP contribution in [0.4, 0.5) is 0 Å². The van der Waals surface area contributed by atoms with Crippen molar-refractivity contribution < 1.29 is 29.1 Å². The topological polar surface area (TPSA) is 39.2 Å². The number of hydrogen-bond acceptors (Lipinski definition) is 2. The maximum Gasteiger partial charge on any atom is 3.00 e. The van der Waals surface area contributed by atoms with Gasteiger partial charge in [-0.25, -0.2) is 0 Å². The van der Waals surface area contributed by atoms with Crippen LogP contribution in [0, 0.1) is 32.3 Å². The zero-order chi connectivity index (χ0) is 33.5. The average molecular weight is 835 g/mol. The maximum absolute atomic E-state index is 6.51. The molecule has 0 saturated carbocycles. The van der Waals surface area contributed by atoms with Crippen molar-refractivity contribution in [2.45, 2.75) is 13.8 Å². The molecule has 0 amide bonds. The summed E-state index contributed by atoms with van der Waals surface area (Å²) in [7, 11) is 2.00. The molecule has 0 radical (unpaired) electrons. The van der Waals surface area contributed by atoms with Gasteiger partial charge in [-0.15, -0.1) is 18.2 Å². The summed E-state index contributed by atoms with van der Waals surface area (Å²) in [5.41, 5.74) is 13.0. The predicted molar refractivity (Wildman–Crippen MR) is 202 cm³/mol. The molecule has 5 nitrogen and oxygen atoms in total. The maximum atomic E-state index is 6.51. The minimum Gasteiger partial charge on any atom is -0.501 e. The summed E-state index contributed by atoms with van der Waals surface area (Å²) in [5.74, 6) is 0. The molecular weight excluding hydrogens is 805 g/mol. The molecule has 0 saturated heterocycles. The molecule has 0 aliphatic carbocycles. The predicted octanol–water partition coefficient (Wildman–Crippen LogP) is 10.3. The van der Waals surface area contributed by atoms with E-state index < -0.39 is 0 Å². The zero-order valence-corrected chi connectivity index (χ0v) is 30.5. The molecule has 5 aromatic heterocycles. The summed E-state index contributed by atoms with van der Waals surface area (Å²) in [4.78, 5) is 4.70. The Kier molecular flexibility index (Phi) is 7.28. The van der Waals surface area contributed by atoms with Crippen molar-refractivity contribution in [3.63, 3.8) is 0 Å². The Morgan fingerprint density at radius 3 is 2.29 bits per heavy atom. The minimum atomic E-state index is 0. The van der Waals surface area contributed by atoms with Gasteiger partial charge in [0.1, 0.15) is 5.58 Å². The second-order valence-electron chi connectivity index (χ2n) is 13.0. The Balaban J connectivity index is 0.000000173. The number of benzene rings is 6. The first-order valence-electron chi connectivity index (χ1n) is 16.8. The number of hydrogen-bond donors (Lipinski definition) is 0. The summed E-state index contributed by atoms with van der Waals surface area (Å²) in [6.45, 7) is 4.20. The minimum absolute atomic E-state index is 0. The summed E-state index contributed by atoms with van der Waals surface area (Å²) in [6, 6.07) is 48.6. The first kappa shape index (κ1) is 31.2. The van der Waals surface area contributed by atoms with E-state index in [0.29, 0.717) is 0 Å². The summed E-state index contributed by atoms with van der Waals surface area (Å²) in [6.07, 6.45) is 5.20. The number of fused-ring (bicyclic) bond motifs is 11. The van der Waals surface area contributed by atoms with E-state index in [1.165, 1.54) is 54.7 Å². The first-order valence-corrected chi connectivity index (χ1v) is 16.8. The third-order valence-corrected chi connectivity index (χ3v) is 10.1. The molecule has 6 aromatic carbocycles. The van der Waals surface area contributed by atoms with E-state index in [1.807, 2.05) is 64.8 Å². The van der Waals surface area contributed by atoms with Gasteiger partial charge in [0.25, 0.3) is 0 Å². The Morgan fingerprint density at radius 1 is 0.667 bits per heavy atom. The van der Waals surface area contributed by atoms with E-state index in [4.69, 9.17) is 9.40 Å². The molecule has 11 aromatic rings. The molecule has 11 rings (SSSR count). The second kappa shape index (κ2) is 11.9. The molecule has 0 atom stereocenters. The largest absolute Gasteiger partial charge is 3.00 e. The van der Waals surface area contributed by atoms with Gasteiger partial charge in [-0.3, -0.25) is 0 Å². The first-order chi connectivity index (χ1) is 24.6. The number of rotatable bonds is 2. The van der Waals surface area contributed by atoms with Crippen molar-refractivity contribution >= 4 is 71.1 Å². The van der Waals surface area contributed by atoms with Crippen molar-refractivity contribution in [3.8, 4) is 16.9 Å². The quantitative estimate of drug-likeness (QED) is 0.129. The normalized spacial score (nSPS) is 11.7. The van der Waals surface area contributed by atoms with E-state index in [2.05, 4.69) is 116 Å². The van der Waals surface area contributed by atoms with Crippen LogP contribution in [0.15, 0.2) is 132 Å². The Labute approximate surface area is 307 Å². The third kappa shape index (κ3) is 4.64. The van der Waals surface area contributed by atoms with Gasteiger partial charge < -0.3 is 22.9 Å². The van der Waals surface area contributed by atoms with E-state index in [1.54, 1.807) is 0 Å². The van der Waals surface area contributed by atoms with Crippen molar-refractivity contribution in [1.82, 2.24) is 14.0 Å². The van der Waals surface area contributed by atoms with Crippen molar-refractivity contribution in [1.29, 1.82) is 0 Å². The molecule has 51 heavy (non-hydrogen) atoms. The van der Waals surface area contributed by atoms with Gasteiger partial charge in [-0.1, -0.05) is 88.9 Å². The molecular formula is C45H30IrN4O+. The summed E-state index contributed by atoms with van der Waals surface area (Å²) in [5, 5.41) is 7.35. The Bertz CT molecular complexity index is 3080. The van der Waals surface area contributed by atoms with Crippen LogP contribution in [0.2, 0.25) is 0 Å². The van der Waals surface area contributed by atoms with Gasteiger partial charge in [-0.2, -0.15) is 30.3 Å². The molecule has 5 heterocycles. The van der Waals surface area contributed by atoms with E-state index in [0.717, 1.165) is 44.4 Å². The number of aromatic nitrogens is 4. The fourth-order valence-corrected chi connectivity index (χ4v) is 7.60. The molecule has 0 fully saturated rings. The van der Waals surface area contributed by atoms with Crippen LogP contribution in [0.3, 0.4) is 0 Å². The SMILES string of the molecule is C[n+]1[c-]n(-c2[c-]cccc2)c2ccccc21.Cc1cnc(-c2[c-]ccc3c2oc2ccc4c(c5cccc6c7ccccc7n4c65)c23)cc1C.[Ir+3]. The zero-order valence-electron chi connectivity index (χ0n) is 28.2.